The van der Waals surface area contributed by atoms with Crippen molar-refractivity contribution in [3.8, 4) is 11.3 Å². The topological polar surface area (TPSA) is 60.9 Å². The Morgan fingerprint density at radius 1 is 1.29 bits per heavy atom. The summed E-state index contributed by atoms with van der Waals surface area (Å²) in [5, 5.41) is 4.03. The summed E-state index contributed by atoms with van der Waals surface area (Å²) >= 11 is 0. The van der Waals surface area contributed by atoms with Crippen LogP contribution in [0.1, 0.15) is 11.1 Å². The monoisotopic (exact) mass is 295 g/mol. The van der Waals surface area contributed by atoms with Gasteiger partial charge < -0.3 is 5.73 Å². The number of halogens is 3. The minimum Gasteiger partial charge on any atom is -0.366 e. The number of alkyl halides is 3. The zero-order valence-corrected chi connectivity index (χ0v) is 11.1. The molecule has 1 amide bonds. The first kappa shape index (κ1) is 14.8. The molecule has 2 rings (SSSR count). The van der Waals surface area contributed by atoms with Gasteiger partial charge in [0, 0.05) is 24.3 Å². The molecular formula is C14H12F3N3O. The molecule has 1 aromatic heterocycles. The van der Waals surface area contributed by atoms with Crippen molar-refractivity contribution in [2.24, 2.45) is 12.8 Å². The number of benzene rings is 1. The Bertz CT molecular complexity index is 684. The number of hydrogen-bond acceptors (Lipinski definition) is 2. The predicted molar refractivity (Wildman–Crippen MR) is 71.9 cm³/mol. The van der Waals surface area contributed by atoms with Crippen LogP contribution in [0.3, 0.4) is 0 Å². The fraction of sp³-hybridized carbons (Fsp3) is 0.143. The van der Waals surface area contributed by atoms with Crippen molar-refractivity contribution in [2.45, 2.75) is 6.18 Å². The lowest BCUT2D eigenvalue weighted by molar-refractivity contribution is -0.137. The summed E-state index contributed by atoms with van der Waals surface area (Å²) in [5.41, 5.74) is 6.06. The standard InChI is InChI=1S/C14H12F3N3O/c1-20-13(10(8-19-20)4-7-12(18)21)9-2-5-11(6-3-9)14(15,16)17/h2-8H,1H3,(H2,18,21)/b7-4+. The average Bonchev–Trinajstić information content (AvgIpc) is 2.76. The highest BCUT2D eigenvalue weighted by Crippen LogP contribution is 2.31. The Morgan fingerprint density at radius 2 is 1.90 bits per heavy atom. The Labute approximate surface area is 118 Å². The molecule has 0 unspecified atom stereocenters. The van der Waals surface area contributed by atoms with Crippen molar-refractivity contribution in [1.82, 2.24) is 9.78 Å². The zero-order valence-electron chi connectivity index (χ0n) is 11.1. The molecule has 0 aliphatic heterocycles. The molecule has 0 aliphatic carbocycles. The molecule has 2 N–H and O–H groups in total. The number of aromatic nitrogens is 2. The van der Waals surface area contributed by atoms with Gasteiger partial charge in [0.05, 0.1) is 17.5 Å². The first-order chi connectivity index (χ1) is 9.79. The van der Waals surface area contributed by atoms with Crippen LogP contribution in [0.5, 0.6) is 0 Å². The van der Waals surface area contributed by atoms with E-state index in [2.05, 4.69) is 5.10 Å². The Kier molecular flexibility index (Phi) is 3.84. The van der Waals surface area contributed by atoms with Gasteiger partial charge in [-0.25, -0.2) is 0 Å². The molecule has 110 valence electrons. The lowest BCUT2D eigenvalue weighted by Gasteiger charge is -2.08. The van der Waals surface area contributed by atoms with Crippen LogP contribution in [0.15, 0.2) is 36.5 Å². The van der Waals surface area contributed by atoms with E-state index in [4.69, 9.17) is 5.73 Å². The minimum absolute atomic E-state index is 0.562. The van der Waals surface area contributed by atoms with Crippen LogP contribution in [-0.2, 0) is 18.0 Å². The highest BCUT2D eigenvalue weighted by molar-refractivity contribution is 5.91. The average molecular weight is 295 g/mol. The second-order valence-electron chi connectivity index (χ2n) is 4.38. The second-order valence-corrected chi connectivity index (χ2v) is 4.38. The van der Waals surface area contributed by atoms with Crippen molar-refractivity contribution in [2.75, 3.05) is 0 Å². The molecule has 0 spiro atoms. The number of aryl methyl sites for hydroxylation is 1. The number of carbonyl (C=O) groups excluding carboxylic acids is 1. The summed E-state index contributed by atoms with van der Waals surface area (Å²) in [4.78, 5) is 10.8. The first-order valence-corrected chi connectivity index (χ1v) is 5.96. The van der Waals surface area contributed by atoms with E-state index in [1.54, 1.807) is 7.05 Å². The quantitative estimate of drug-likeness (QED) is 0.885. The smallest absolute Gasteiger partial charge is 0.366 e. The zero-order chi connectivity index (χ0) is 15.6. The normalized spacial score (nSPS) is 12.0. The maximum Gasteiger partial charge on any atom is 0.416 e. The Morgan fingerprint density at radius 3 is 2.43 bits per heavy atom. The largest absolute Gasteiger partial charge is 0.416 e. The van der Waals surface area contributed by atoms with E-state index >= 15 is 0 Å². The van der Waals surface area contributed by atoms with Gasteiger partial charge in [0.1, 0.15) is 0 Å². The molecule has 0 fully saturated rings. The molecule has 0 radical (unpaired) electrons. The van der Waals surface area contributed by atoms with Gasteiger partial charge in [0.25, 0.3) is 0 Å². The summed E-state index contributed by atoms with van der Waals surface area (Å²) in [6.45, 7) is 0. The van der Waals surface area contributed by atoms with Gasteiger partial charge in [-0.2, -0.15) is 18.3 Å². The number of primary amides is 1. The Hall–Kier alpha value is -2.57. The molecule has 0 atom stereocenters. The summed E-state index contributed by atoms with van der Waals surface area (Å²) < 4.78 is 39.2. The third-order valence-electron chi connectivity index (χ3n) is 2.88. The maximum absolute atomic E-state index is 12.6. The van der Waals surface area contributed by atoms with Crippen molar-refractivity contribution >= 4 is 12.0 Å². The number of nitrogens with two attached hydrogens (primary N) is 1. The van der Waals surface area contributed by atoms with E-state index in [0.29, 0.717) is 16.8 Å². The van der Waals surface area contributed by atoms with Crippen LogP contribution in [-0.4, -0.2) is 15.7 Å². The van der Waals surface area contributed by atoms with Crippen molar-refractivity contribution in [3.05, 3.63) is 47.7 Å². The van der Waals surface area contributed by atoms with E-state index in [0.717, 1.165) is 12.1 Å². The van der Waals surface area contributed by atoms with E-state index in [9.17, 15) is 18.0 Å². The van der Waals surface area contributed by atoms with Crippen molar-refractivity contribution in [1.29, 1.82) is 0 Å². The van der Waals surface area contributed by atoms with Gasteiger partial charge >= 0.3 is 6.18 Å². The Balaban J connectivity index is 2.42. The third kappa shape index (κ3) is 3.31. The van der Waals surface area contributed by atoms with E-state index in [-0.39, 0.29) is 0 Å². The molecule has 0 bridgehead atoms. The van der Waals surface area contributed by atoms with Gasteiger partial charge in [-0.15, -0.1) is 0 Å². The number of amides is 1. The van der Waals surface area contributed by atoms with Gasteiger partial charge in [0.15, 0.2) is 0 Å². The van der Waals surface area contributed by atoms with Crippen molar-refractivity contribution < 1.29 is 18.0 Å². The molecule has 0 saturated heterocycles. The summed E-state index contributed by atoms with van der Waals surface area (Å²) in [6.07, 6.45) is -0.223. The van der Waals surface area contributed by atoms with E-state index < -0.39 is 17.6 Å². The molecular weight excluding hydrogens is 283 g/mol. The molecule has 0 saturated carbocycles. The van der Waals surface area contributed by atoms with Crippen molar-refractivity contribution in [3.63, 3.8) is 0 Å². The molecule has 0 aliphatic rings. The molecule has 21 heavy (non-hydrogen) atoms. The molecule has 1 aromatic carbocycles. The fourth-order valence-electron chi connectivity index (χ4n) is 1.92. The van der Waals surface area contributed by atoms with Crippen LogP contribution < -0.4 is 5.73 Å². The molecule has 7 heteroatoms. The fourth-order valence-corrected chi connectivity index (χ4v) is 1.92. The number of rotatable bonds is 3. The maximum atomic E-state index is 12.6. The molecule has 1 heterocycles. The number of carbonyl (C=O) groups is 1. The van der Waals surface area contributed by atoms with Gasteiger partial charge in [0.2, 0.25) is 5.91 Å². The summed E-state index contributed by atoms with van der Waals surface area (Å²) in [7, 11) is 1.66. The highest BCUT2D eigenvalue weighted by Gasteiger charge is 2.30. The van der Waals surface area contributed by atoms with Crippen LogP contribution in [0.2, 0.25) is 0 Å². The van der Waals surface area contributed by atoms with Crippen LogP contribution >= 0.6 is 0 Å². The van der Waals surface area contributed by atoms with Crippen LogP contribution in [0.25, 0.3) is 17.3 Å². The van der Waals surface area contributed by atoms with Gasteiger partial charge in [-0.05, 0) is 18.2 Å². The predicted octanol–water partition coefficient (Wildman–Crippen LogP) is 2.60. The first-order valence-electron chi connectivity index (χ1n) is 5.96. The summed E-state index contributed by atoms with van der Waals surface area (Å²) in [5.74, 6) is -0.614. The van der Waals surface area contributed by atoms with Crippen LogP contribution in [0.4, 0.5) is 13.2 Å². The number of nitrogens with zero attached hydrogens (tertiary/aromatic N) is 2. The SMILES string of the molecule is Cn1ncc(/C=C/C(N)=O)c1-c1ccc(C(F)(F)F)cc1. The lowest BCUT2D eigenvalue weighted by Crippen LogP contribution is -2.05. The minimum atomic E-state index is -4.38. The van der Waals surface area contributed by atoms with Gasteiger partial charge in [-0.1, -0.05) is 12.1 Å². The van der Waals surface area contributed by atoms with E-state index in [1.165, 1.54) is 35.2 Å². The third-order valence-corrected chi connectivity index (χ3v) is 2.88. The van der Waals surface area contributed by atoms with Gasteiger partial charge in [-0.3, -0.25) is 9.48 Å². The molecule has 4 nitrogen and oxygen atoms in total. The summed E-state index contributed by atoms with van der Waals surface area (Å²) in [6, 6.07) is 4.73. The van der Waals surface area contributed by atoms with E-state index in [1.807, 2.05) is 0 Å². The molecule has 2 aromatic rings. The van der Waals surface area contributed by atoms with Crippen LogP contribution in [0, 0.1) is 0 Å². The lowest BCUT2D eigenvalue weighted by atomic mass is 10.1. The highest BCUT2D eigenvalue weighted by atomic mass is 19.4. The number of hydrogen-bond donors (Lipinski definition) is 1. The second kappa shape index (κ2) is 5.43.